The van der Waals surface area contributed by atoms with Gasteiger partial charge in [0.1, 0.15) is 0 Å². The molecule has 1 aliphatic heterocycles. The number of rotatable bonds is 5. The Kier molecular flexibility index (Phi) is 5.00. The summed E-state index contributed by atoms with van der Waals surface area (Å²) in [5.74, 6) is 2.14. The summed E-state index contributed by atoms with van der Waals surface area (Å²) in [7, 11) is 0. The van der Waals surface area contributed by atoms with Gasteiger partial charge >= 0.3 is 0 Å². The number of hydrogen-bond acceptors (Lipinski definition) is 2. The molecule has 0 saturated carbocycles. The van der Waals surface area contributed by atoms with Crippen molar-refractivity contribution in [1.29, 1.82) is 0 Å². The smallest absolute Gasteiger partial charge is 0.00584 e. The third kappa shape index (κ3) is 3.69. The lowest BCUT2D eigenvalue weighted by atomic mass is 9.98. The van der Waals surface area contributed by atoms with Crippen LogP contribution in [0.1, 0.15) is 29.4 Å². The van der Waals surface area contributed by atoms with E-state index in [0.717, 1.165) is 12.3 Å². The first-order chi connectivity index (χ1) is 10.4. The van der Waals surface area contributed by atoms with E-state index in [2.05, 4.69) is 78.2 Å². The summed E-state index contributed by atoms with van der Waals surface area (Å²) in [5.41, 5.74) is 2.90. The van der Waals surface area contributed by atoms with E-state index in [1.165, 1.54) is 30.6 Å². The van der Waals surface area contributed by atoms with Gasteiger partial charge in [-0.2, -0.15) is 12.6 Å². The Hall–Kier alpha value is -1.25. The SMILES string of the molecule is SCC(CN1CCC(c2ccccc2)C1)c1ccccc1. The van der Waals surface area contributed by atoms with Crippen LogP contribution in [-0.4, -0.2) is 30.3 Å². The van der Waals surface area contributed by atoms with Crippen LogP contribution in [0.2, 0.25) is 0 Å². The van der Waals surface area contributed by atoms with E-state index in [0.29, 0.717) is 11.8 Å². The number of likely N-dealkylation sites (tertiary alicyclic amines) is 1. The van der Waals surface area contributed by atoms with E-state index in [1.54, 1.807) is 0 Å². The fourth-order valence-corrected chi connectivity index (χ4v) is 3.63. The minimum Gasteiger partial charge on any atom is -0.302 e. The molecule has 3 rings (SSSR count). The van der Waals surface area contributed by atoms with Crippen molar-refractivity contribution < 1.29 is 0 Å². The van der Waals surface area contributed by atoms with Crippen molar-refractivity contribution in [3.63, 3.8) is 0 Å². The number of thiol groups is 1. The van der Waals surface area contributed by atoms with Gasteiger partial charge in [-0.3, -0.25) is 0 Å². The zero-order valence-corrected chi connectivity index (χ0v) is 13.3. The van der Waals surface area contributed by atoms with E-state index in [4.69, 9.17) is 0 Å². The van der Waals surface area contributed by atoms with Gasteiger partial charge in [0.05, 0.1) is 0 Å². The molecule has 110 valence electrons. The summed E-state index contributed by atoms with van der Waals surface area (Å²) in [5, 5.41) is 0. The minimum atomic E-state index is 0.532. The Bertz CT molecular complexity index is 540. The third-order valence-corrected chi connectivity index (χ3v) is 4.95. The van der Waals surface area contributed by atoms with Gasteiger partial charge in [0.25, 0.3) is 0 Å². The van der Waals surface area contributed by atoms with E-state index in [-0.39, 0.29) is 0 Å². The Morgan fingerprint density at radius 2 is 1.67 bits per heavy atom. The molecule has 2 atom stereocenters. The van der Waals surface area contributed by atoms with Crippen LogP contribution in [0.4, 0.5) is 0 Å². The van der Waals surface area contributed by atoms with E-state index in [1.807, 2.05) is 0 Å². The summed E-state index contributed by atoms with van der Waals surface area (Å²) >= 11 is 4.57. The van der Waals surface area contributed by atoms with E-state index < -0.39 is 0 Å². The van der Waals surface area contributed by atoms with Crippen molar-refractivity contribution in [3.8, 4) is 0 Å². The molecule has 0 aromatic heterocycles. The maximum absolute atomic E-state index is 4.57. The molecule has 2 unspecified atom stereocenters. The van der Waals surface area contributed by atoms with E-state index >= 15 is 0 Å². The predicted molar refractivity (Wildman–Crippen MR) is 93.3 cm³/mol. The summed E-state index contributed by atoms with van der Waals surface area (Å²) < 4.78 is 0. The Labute approximate surface area is 133 Å². The van der Waals surface area contributed by atoms with Crippen molar-refractivity contribution in [3.05, 3.63) is 71.8 Å². The fourth-order valence-electron chi connectivity index (χ4n) is 3.30. The van der Waals surface area contributed by atoms with Crippen molar-refractivity contribution >= 4 is 12.6 Å². The number of nitrogens with zero attached hydrogens (tertiary/aromatic N) is 1. The molecule has 0 amide bonds. The van der Waals surface area contributed by atoms with Crippen LogP contribution >= 0.6 is 12.6 Å². The van der Waals surface area contributed by atoms with Crippen molar-refractivity contribution in [1.82, 2.24) is 4.90 Å². The van der Waals surface area contributed by atoms with Crippen LogP contribution in [-0.2, 0) is 0 Å². The zero-order chi connectivity index (χ0) is 14.5. The zero-order valence-electron chi connectivity index (χ0n) is 12.4. The summed E-state index contributed by atoms with van der Waals surface area (Å²) in [6.45, 7) is 3.51. The van der Waals surface area contributed by atoms with Crippen LogP contribution in [0.15, 0.2) is 60.7 Å². The Morgan fingerprint density at radius 1 is 1.00 bits per heavy atom. The van der Waals surface area contributed by atoms with Gasteiger partial charge in [0, 0.05) is 19.0 Å². The molecular formula is C19H23NS. The molecule has 0 spiro atoms. The van der Waals surface area contributed by atoms with Gasteiger partial charge in [-0.1, -0.05) is 60.7 Å². The highest BCUT2D eigenvalue weighted by Gasteiger charge is 2.25. The average Bonchev–Trinajstić information content (AvgIpc) is 3.03. The van der Waals surface area contributed by atoms with Crippen molar-refractivity contribution in [2.24, 2.45) is 0 Å². The molecule has 2 heteroatoms. The van der Waals surface area contributed by atoms with Crippen LogP contribution in [0.5, 0.6) is 0 Å². The molecule has 1 aliphatic rings. The molecule has 1 saturated heterocycles. The lowest BCUT2D eigenvalue weighted by Crippen LogP contribution is -2.27. The molecule has 0 aliphatic carbocycles. The maximum atomic E-state index is 4.57. The second-order valence-corrected chi connectivity index (χ2v) is 6.31. The van der Waals surface area contributed by atoms with Crippen LogP contribution in [0, 0.1) is 0 Å². The highest BCUT2D eigenvalue weighted by molar-refractivity contribution is 7.80. The standard InChI is InChI=1S/C19H23NS/c21-15-19(17-9-5-2-6-10-17)14-20-12-11-18(13-20)16-7-3-1-4-8-16/h1-10,18-19,21H,11-15H2. The topological polar surface area (TPSA) is 3.24 Å². The molecule has 0 N–H and O–H groups in total. The first-order valence-corrected chi connectivity index (χ1v) is 8.43. The third-order valence-electron chi connectivity index (χ3n) is 4.51. The molecule has 1 nitrogen and oxygen atoms in total. The second kappa shape index (κ2) is 7.15. The normalized spacial score (nSPS) is 20.5. The largest absolute Gasteiger partial charge is 0.302 e. The van der Waals surface area contributed by atoms with Gasteiger partial charge < -0.3 is 4.90 Å². The molecule has 0 bridgehead atoms. The molecule has 2 aromatic carbocycles. The molecule has 1 fully saturated rings. The average molecular weight is 297 g/mol. The lowest BCUT2D eigenvalue weighted by molar-refractivity contribution is 0.318. The fraction of sp³-hybridized carbons (Fsp3) is 0.368. The molecule has 2 aromatic rings. The van der Waals surface area contributed by atoms with Crippen molar-refractivity contribution in [2.75, 3.05) is 25.4 Å². The molecular weight excluding hydrogens is 274 g/mol. The summed E-state index contributed by atoms with van der Waals surface area (Å²) in [6, 6.07) is 21.7. The van der Waals surface area contributed by atoms with E-state index in [9.17, 15) is 0 Å². The van der Waals surface area contributed by atoms with Crippen LogP contribution in [0.3, 0.4) is 0 Å². The quantitative estimate of drug-likeness (QED) is 0.810. The van der Waals surface area contributed by atoms with Crippen LogP contribution < -0.4 is 0 Å². The molecule has 0 radical (unpaired) electrons. The predicted octanol–water partition coefficient (Wildman–Crippen LogP) is 4.19. The maximum Gasteiger partial charge on any atom is 0.00584 e. The Morgan fingerprint density at radius 3 is 2.33 bits per heavy atom. The second-order valence-electron chi connectivity index (χ2n) is 5.95. The van der Waals surface area contributed by atoms with Gasteiger partial charge in [-0.25, -0.2) is 0 Å². The highest BCUT2D eigenvalue weighted by atomic mass is 32.1. The van der Waals surface area contributed by atoms with Gasteiger partial charge in [-0.05, 0) is 35.8 Å². The van der Waals surface area contributed by atoms with Crippen LogP contribution in [0.25, 0.3) is 0 Å². The molecule has 1 heterocycles. The highest BCUT2D eigenvalue weighted by Crippen LogP contribution is 2.29. The minimum absolute atomic E-state index is 0.532. The number of benzene rings is 2. The summed E-state index contributed by atoms with van der Waals surface area (Å²) in [6.07, 6.45) is 1.28. The molecule has 21 heavy (non-hydrogen) atoms. The first kappa shape index (κ1) is 14.7. The van der Waals surface area contributed by atoms with Gasteiger partial charge in [0.15, 0.2) is 0 Å². The van der Waals surface area contributed by atoms with Gasteiger partial charge in [0.2, 0.25) is 0 Å². The van der Waals surface area contributed by atoms with Crippen molar-refractivity contribution in [2.45, 2.75) is 18.3 Å². The first-order valence-electron chi connectivity index (χ1n) is 7.80. The lowest BCUT2D eigenvalue weighted by Gasteiger charge is -2.23. The summed E-state index contributed by atoms with van der Waals surface area (Å²) in [4.78, 5) is 2.60. The number of hydrogen-bond donors (Lipinski definition) is 1. The Balaban J connectivity index is 1.61. The monoisotopic (exact) mass is 297 g/mol. The van der Waals surface area contributed by atoms with Gasteiger partial charge in [-0.15, -0.1) is 0 Å².